The van der Waals surface area contributed by atoms with Crippen LogP contribution in [0.1, 0.15) is 34.8 Å². The number of hydrogen-bond donors (Lipinski definition) is 0. The van der Waals surface area contributed by atoms with Crippen LogP contribution >= 0.6 is 0 Å². The van der Waals surface area contributed by atoms with Crippen LogP contribution in [-0.2, 0) is 4.74 Å². The van der Waals surface area contributed by atoms with Gasteiger partial charge < -0.3 is 9.47 Å². The second kappa shape index (κ2) is 5.59. The fourth-order valence-electron chi connectivity index (χ4n) is 2.62. The molecule has 0 unspecified atom stereocenters. The lowest BCUT2D eigenvalue weighted by molar-refractivity contribution is 0.0587. The zero-order valence-corrected chi connectivity index (χ0v) is 12.9. The molecular formula is C17H14FN3O3. The number of carbonyl (C=O) groups is 1. The normalized spacial score (nSPS) is 13.9. The largest absolute Gasteiger partial charge is 0.464 e. The summed E-state index contributed by atoms with van der Waals surface area (Å²) in [4.78, 5) is 16.2. The number of nitrogens with zero attached hydrogens (tertiary/aromatic N) is 3. The van der Waals surface area contributed by atoms with Crippen molar-refractivity contribution >= 4 is 11.6 Å². The Labute approximate surface area is 136 Å². The highest BCUT2D eigenvalue weighted by atomic mass is 19.1. The molecule has 1 saturated carbocycles. The quantitative estimate of drug-likeness (QED) is 0.688. The summed E-state index contributed by atoms with van der Waals surface area (Å²) in [6.07, 6.45) is 3.72. The molecule has 2 aromatic heterocycles. The van der Waals surface area contributed by atoms with Crippen LogP contribution in [0.4, 0.5) is 4.39 Å². The smallest absolute Gasteiger partial charge is 0.360 e. The van der Waals surface area contributed by atoms with Gasteiger partial charge in [0.2, 0.25) is 5.95 Å². The van der Waals surface area contributed by atoms with E-state index < -0.39 is 11.9 Å². The molecule has 0 saturated heterocycles. The van der Waals surface area contributed by atoms with Gasteiger partial charge in [-0.25, -0.2) is 14.3 Å². The molecular weight excluding hydrogens is 313 g/mol. The molecule has 0 bridgehead atoms. The molecule has 0 amide bonds. The van der Waals surface area contributed by atoms with Crippen LogP contribution < -0.4 is 4.74 Å². The lowest BCUT2D eigenvalue weighted by Crippen LogP contribution is -2.12. The van der Waals surface area contributed by atoms with Gasteiger partial charge in [-0.2, -0.15) is 4.39 Å². The van der Waals surface area contributed by atoms with Crippen molar-refractivity contribution in [1.29, 1.82) is 0 Å². The van der Waals surface area contributed by atoms with Crippen molar-refractivity contribution in [2.45, 2.75) is 18.8 Å². The van der Waals surface area contributed by atoms with Gasteiger partial charge >= 0.3 is 5.97 Å². The van der Waals surface area contributed by atoms with Crippen LogP contribution in [0.3, 0.4) is 0 Å². The molecule has 1 aromatic carbocycles. The van der Waals surface area contributed by atoms with Gasteiger partial charge in [-0.15, -0.1) is 5.10 Å². The molecule has 1 fully saturated rings. The van der Waals surface area contributed by atoms with Gasteiger partial charge in [0.15, 0.2) is 17.1 Å². The van der Waals surface area contributed by atoms with Crippen LogP contribution in [0.25, 0.3) is 5.65 Å². The maximum Gasteiger partial charge on any atom is 0.360 e. The van der Waals surface area contributed by atoms with E-state index in [4.69, 9.17) is 9.47 Å². The average Bonchev–Trinajstić information content (AvgIpc) is 3.36. The van der Waals surface area contributed by atoms with Crippen molar-refractivity contribution in [3.05, 3.63) is 53.7 Å². The number of benzene rings is 1. The highest BCUT2D eigenvalue weighted by molar-refractivity contribution is 5.91. The van der Waals surface area contributed by atoms with Gasteiger partial charge in [0, 0.05) is 6.07 Å². The Morgan fingerprint density at radius 1 is 1.33 bits per heavy atom. The van der Waals surface area contributed by atoms with Crippen LogP contribution in [0.15, 0.2) is 36.5 Å². The van der Waals surface area contributed by atoms with Gasteiger partial charge in [-0.3, -0.25) is 0 Å². The molecule has 122 valence electrons. The maximum absolute atomic E-state index is 13.4. The van der Waals surface area contributed by atoms with E-state index in [1.54, 1.807) is 6.07 Å². The monoisotopic (exact) mass is 327 g/mol. The summed E-state index contributed by atoms with van der Waals surface area (Å²) < 4.78 is 25.1. The fraction of sp³-hybridized carbons (Fsp3) is 0.235. The Kier molecular flexibility index (Phi) is 3.41. The molecule has 0 N–H and O–H groups in total. The SMILES string of the molecule is COC(=O)c1c(Oc2cccc(C3CC3)c2)cnc2cc(F)nn12. The number of hydrogen-bond acceptors (Lipinski definition) is 5. The molecule has 24 heavy (non-hydrogen) atoms. The summed E-state index contributed by atoms with van der Waals surface area (Å²) in [6, 6.07) is 8.81. The van der Waals surface area contributed by atoms with E-state index in [1.807, 2.05) is 12.1 Å². The second-order valence-corrected chi connectivity index (χ2v) is 5.65. The number of carbonyl (C=O) groups excluding carboxylic acids is 1. The van der Waals surface area contributed by atoms with E-state index in [9.17, 15) is 9.18 Å². The molecule has 4 rings (SSSR count). The fourth-order valence-corrected chi connectivity index (χ4v) is 2.62. The molecule has 0 spiro atoms. The number of halogens is 1. The molecule has 1 aliphatic rings. The number of aromatic nitrogens is 3. The molecule has 0 atom stereocenters. The van der Waals surface area contributed by atoms with Gasteiger partial charge in [-0.05, 0) is 36.5 Å². The first-order valence-electron chi connectivity index (χ1n) is 7.56. The third kappa shape index (κ3) is 2.58. The number of methoxy groups -OCH3 is 1. The molecule has 3 aromatic rings. The zero-order valence-electron chi connectivity index (χ0n) is 12.9. The van der Waals surface area contributed by atoms with Crippen molar-refractivity contribution in [1.82, 2.24) is 14.6 Å². The van der Waals surface area contributed by atoms with E-state index in [2.05, 4.69) is 16.1 Å². The molecule has 1 aliphatic carbocycles. The first kappa shape index (κ1) is 14.6. The number of fused-ring (bicyclic) bond motifs is 1. The third-order valence-corrected chi connectivity index (χ3v) is 3.93. The maximum atomic E-state index is 13.4. The van der Waals surface area contributed by atoms with Crippen LogP contribution in [0.2, 0.25) is 0 Å². The zero-order chi connectivity index (χ0) is 16.7. The van der Waals surface area contributed by atoms with E-state index in [0.29, 0.717) is 11.7 Å². The van der Waals surface area contributed by atoms with E-state index >= 15 is 0 Å². The number of rotatable bonds is 4. The van der Waals surface area contributed by atoms with Crippen LogP contribution in [-0.4, -0.2) is 27.7 Å². The summed E-state index contributed by atoms with van der Waals surface area (Å²) >= 11 is 0. The van der Waals surface area contributed by atoms with E-state index in [1.165, 1.54) is 31.7 Å². The summed E-state index contributed by atoms with van der Waals surface area (Å²) in [5.41, 5.74) is 1.39. The van der Waals surface area contributed by atoms with Gasteiger partial charge in [0.05, 0.1) is 13.3 Å². The summed E-state index contributed by atoms with van der Waals surface area (Å²) in [5.74, 6) is -0.0995. The van der Waals surface area contributed by atoms with Gasteiger partial charge in [0.25, 0.3) is 0 Å². The van der Waals surface area contributed by atoms with Crippen molar-refractivity contribution in [3.8, 4) is 11.5 Å². The Hall–Kier alpha value is -2.96. The second-order valence-electron chi connectivity index (χ2n) is 5.65. The lowest BCUT2D eigenvalue weighted by atomic mass is 10.1. The Morgan fingerprint density at radius 3 is 2.92 bits per heavy atom. The third-order valence-electron chi connectivity index (χ3n) is 3.93. The standard InChI is InChI=1S/C17H14FN3O3/c1-23-17(22)16-13(9-19-15-8-14(18)20-21(15)16)24-12-4-2-3-11(7-12)10-5-6-10/h2-4,7-10H,5-6H2,1H3. The highest BCUT2D eigenvalue weighted by Gasteiger charge is 2.24. The first-order chi connectivity index (χ1) is 11.7. The summed E-state index contributed by atoms with van der Waals surface area (Å²) in [6.45, 7) is 0. The molecule has 6 nitrogen and oxygen atoms in total. The average molecular weight is 327 g/mol. The summed E-state index contributed by atoms with van der Waals surface area (Å²) in [7, 11) is 1.24. The van der Waals surface area contributed by atoms with E-state index in [-0.39, 0.29) is 17.1 Å². The van der Waals surface area contributed by atoms with Crippen molar-refractivity contribution in [3.63, 3.8) is 0 Å². The minimum absolute atomic E-state index is 0.0109. The molecule has 0 radical (unpaired) electrons. The Balaban J connectivity index is 1.78. The van der Waals surface area contributed by atoms with E-state index in [0.717, 1.165) is 10.6 Å². The predicted octanol–water partition coefficient (Wildman–Crippen LogP) is 3.32. The summed E-state index contributed by atoms with van der Waals surface area (Å²) in [5, 5.41) is 3.65. The van der Waals surface area contributed by atoms with Crippen molar-refractivity contribution in [2.24, 2.45) is 0 Å². The minimum Gasteiger partial charge on any atom is -0.464 e. The van der Waals surface area contributed by atoms with Gasteiger partial charge in [-0.1, -0.05) is 12.1 Å². The minimum atomic E-state index is -0.736. The first-order valence-corrected chi connectivity index (χ1v) is 7.56. The Morgan fingerprint density at radius 2 is 2.17 bits per heavy atom. The van der Waals surface area contributed by atoms with Crippen LogP contribution in [0.5, 0.6) is 11.5 Å². The van der Waals surface area contributed by atoms with Crippen molar-refractivity contribution in [2.75, 3.05) is 7.11 Å². The van der Waals surface area contributed by atoms with Crippen LogP contribution in [0, 0.1) is 5.95 Å². The predicted molar refractivity (Wildman–Crippen MR) is 82.8 cm³/mol. The number of esters is 1. The topological polar surface area (TPSA) is 65.7 Å². The number of ether oxygens (including phenoxy) is 2. The Bertz CT molecular complexity index is 934. The molecule has 7 heteroatoms. The molecule has 0 aliphatic heterocycles. The highest BCUT2D eigenvalue weighted by Crippen LogP contribution is 2.41. The van der Waals surface area contributed by atoms with Gasteiger partial charge in [0.1, 0.15) is 5.75 Å². The van der Waals surface area contributed by atoms with Crippen molar-refractivity contribution < 1.29 is 18.7 Å². The lowest BCUT2D eigenvalue weighted by Gasteiger charge is -2.11. The molecule has 2 heterocycles.